The fourth-order valence-corrected chi connectivity index (χ4v) is 2.36. The number of rotatable bonds is 5. The molecule has 0 unspecified atom stereocenters. The average molecular weight is 322 g/mol. The van der Waals surface area contributed by atoms with Crippen LogP contribution in [0.2, 0.25) is 0 Å². The molecule has 0 aliphatic rings. The third kappa shape index (κ3) is 3.43. The first-order chi connectivity index (χ1) is 11.6. The topological polar surface area (TPSA) is 79.9 Å². The summed E-state index contributed by atoms with van der Waals surface area (Å²) in [6.45, 7) is 4.29. The predicted octanol–water partition coefficient (Wildman–Crippen LogP) is 3.14. The van der Waals surface area contributed by atoms with Crippen molar-refractivity contribution >= 4 is 5.91 Å². The molecule has 0 aliphatic carbocycles. The van der Waals surface area contributed by atoms with E-state index >= 15 is 0 Å². The quantitative estimate of drug-likeness (QED) is 0.756. The Kier molecular flexibility index (Phi) is 4.56. The monoisotopic (exact) mass is 322 g/mol. The first-order valence-electron chi connectivity index (χ1n) is 7.60. The van der Waals surface area contributed by atoms with Crippen LogP contribution < -0.4 is 10.1 Å². The van der Waals surface area contributed by atoms with Gasteiger partial charge in [-0.1, -0.05) is 24.3 Å². The Morgan fingerprint density at radius 1 is 1.12 bits per heavy atom. The maximum Gasteiger partial charge on any atom is 0.269 e. The number of pyridine rings is 1. The molecule has 6 nitrogen and oxygen atoms in total. The van der Waals surface area contributed by atoms with E-state index in [-0.39, 0.29) is 5.91 Å². The normalized spacial score (nSPS) is 10.4. The molecular formula is C18H18N4O2. The lowest BCUT2D eigenvalue weighted by molar-refractivity contribution is 0.0945. The number of para-hydroxylation sites is 1. The summed E-state index contributed by atoms with van der Waals surface area (Å²) in [5.74, 6) is 1.05. The zero-order valence-corrected chi connectivity index (χ0v) is 13.5. The Morgan fingerprint density at radius 3 is 2.62 bits per heavy atom. The van der Waals surface area contributed by atoms with Gasteiger partial charge in [-0.3, -0.25) is 9.89 Å². The number of aryl methyl sites for hydroxylation is 2. The van der Waals surface area contributed by atoms with E-state index in [1.54, 1.807) is 12.3 Å². The van der Waals surface area contributed by atoms with E-state index in [4.69, 9.17) is 4.74 Å². The van der Waals surface area contributed by atoms with Crippen LogP contribution in [0.25, 0.3) is 0 Å². The fourth-order valence-electron chi connectivity index (χ4n) is 2.36. The first-order valence-corrected chi connectivity index (χ1v) is 7.60. The largest absolute Gasteiger partial charge is 0.438 e. The average Bonchev–Trinajstić information content (AvgIpc) is 3.12. The summed E-state index contributed by atoms with van der Waals surface area (Å²) in [6.07, 6.45) is 3.21. The van der Waals surface area contributed by atoms with Gasteiger partial charge in [-0.15, -0.1) is 0 Å². The molecular weight excluding hydrogens is 304 g/mol. The van der Waals surface area contributed by atoms with E-state index in [2.05, 4.69) is 20.5 Å². The van der Waals surface area contributed by atoms with Gasteiger partial charge in [-0.05, 0) is 37.1 Å². The molecule has 0 radical (unpaired) electrons. The highest BCUT2D eigenvalue weighted by molar-refractivity contribution is 5.92. The van der Waals surface area contributed by atoms with Crippen LogP contribution in [0.5, 0.6) is 11.6 Å². The third-order valence-corrected chi connectivity index (χ3v) is 3.64. The van der Waals surface area contributed by atoms with Crippen molar-refractivity contribution in [3.05, 3.63) is 71.2 Å². The molecule has 2 aromatic heterocycles. The number of aromatic nitrogens is 3. The van der Waals surface area contributed by atoms with Crippen molar-refractivity contribution < 1.29 is 9.53 Å². The zero-order chi connectivity index (χ0) is 16.9. The van der Waals surface area contributed by atoms with Crippen LogP contribution >= 0.6 is 0 Å². The minimum absolute atomic E-state index is 0.227. The highest BCUT2D eigenvalue weighted by Crippen LogP contribution is 2.29. The number of carbonyl (C=O) groups is 1. The molecule has 2 heterocycles. The lowest BCUT2D eigenvalue weighted by atomic mass is 10.1. The van der Waals surface area contributed by atoms with Gasteiger partial charge in [-0.25, -0.2) is 4.98 Å². The molecule has 0 atom stereocenters. The molecule has 0 bridgehead atoms. The van der Waals surface area contributed by atoms with Crippen molar-refractivity contribution in [1.29, 1.82) is 0 Å². The van der Waals surface area contributed by atoms with Crippen molar-refractivity contribution in [2.45, 2.75) is 20.4 Å². The van der Waals surface area contributed by atoms with Gasteiger partial charge < -0.3 is 10.1 Å². The highest BCUT2D eigenvalue weighted by Gasteiger charge is 2.12. The van der Waals surface area contributed by atoms with Gasteiger partial charge in [0.1, 0.15) is 11.4 Å². The van der Waals surface area contributed by atoms with E-state index < -0.39 is 0 Å². The Balaban J connectivity index is 1.77. The van der Waals surface area contributed by atoms with Gasteiger partial charge in [0.05, 0.1) is 0 Å². The number of H-pyrrole nitrogens is 1. The number of nitrogens with zero attached hydrogens (tertiary/aromatic N) is 2. The maximum absolute atomic E-state index is 12.0. The molecule has 24 heavy (non-hydrogen) atoms. The third-order valence-electron chi connectivity index (χ3n) is 3.64. The second kappa shape index (κ2) is 6.95. The fraction of sp³-hybridized carbons (Fsp3) is 0.167. The number of hydrogen-bond donors (Lipinski definition) is 2. The maximum atomic E-state index is 12.0. The summed E-state index contributed by atoms with van der Waals surface area (Å²) in [5.41, 5.74) is 3.28. The molecule has 6 heteroatoms. The van der Waals surface area contributed by atoms with Crippen molar-refractivity contribution in [2.24, 2.45) is 0 Å². The molecule has 3 rings (SSSR count). The predicted molar refractivity (Wildman–Crippen MR) is 90.0 cm³/mol. The minimum atomic E-state index is -0.227. The number of amides is 1. The second-order valence-electron chi connectivity index (χ2n) is 5.44. The van der Waals surface area contributed by atoms with Crippen LogP contribution in [0, 0.1) is 13.8 Å². The number of ether oxygens (including phenoxy) is 1. The zero-order valence-electron chi connectivity index (χ0n) is 13.5. The number of hydrogen-bond acceptors (Lipinski definition) is 4. The van der Waals surface area contributed by atoms with Crippen LogP contribution in [0.15, 0.2) is 48.8 Å². The lowest BCUT2D eigenvalue weighted by Crippen LogP contribution is -2.23. The van der Waals surface area contributed by atoms with Gasteiger partial charge in [0.25, 0.3) is 5.91 Å². The summed E-state index contributed by atoms with van der Waals surface area (Å²) in [6, 6.07) is 11.3. The summed E-state index contributed by atoms with van der Waals surface area (Å²) >= 11 is 0. The SMILES string of the molecule is Cc1cccc(C)c1Oc1ncccc1CNC(=O)c1ccn[nH]1. The Labute approximate surface area is 139 Å². The molecule has 122 valence electrons. The van der Waals surface area contributed by atoms with Gasteiger partial charge >= 0.3 is 0 Å². The van der Waals surface area contributed by atoms with Crippen LogP contribution in [-0.4, -0.2) is 21.1 Å². The molecule has 0 spiro atoms. The van der Waals surface area contributed by atoms with Crippen LogP contribution in [0.3, 0.4) is 0 Å². The lowest BCUT2D eigenvalue weighted by Gasteiger charge is -2.14. The first kappa shape index (κ1) is 15.7. The minimum Gasteiger partial charge on any atom is -0.438 e. The van der Waals surface area contributed by atoms with E-state index in [1.807, 2.05) is 44.2 Å². The van der Waals surface area contributed by atoms with Crippen molar-refractivity contribution in [1.82, 2.24) is 20.5 Å². The van der Waals surface area contributed by atoms with Crippen molar-refractivity contribution in [2.75, 3.05) is 0 Å². The number of aromatic amines is 1. The van der Waals surface area contributed by atoms with Crippen molar-refractivity contribution in [3.63, 3.8) is 0 Å². The Morgan fingerprint density at radius 2 is 1.92 bits per heavy atom. The van der Waals surface area contributed by atoms with E-state index in [9.17, 15) is 4.79 Å². The molecule has 0 fully saturated rings. The summed E-state index contributed by atoms with van der Waals surface area (Å²) in [7, 11) is 0. The van der Waals surface area contributed by atoms with Crippen LogP contribution in [-0.2, 0) is 6.54 Å². The van der Waals surface area contributed by atoms with Crippen molar-refractivity contribution in [3.8, 4) is 11.6 Å². The molecule has 3 aromatic rings. The molecule has 1 amide bonds. The molecule has 1 aromatic carbocycles. The molecule has 0 saturated heterocycles. The summed E-state index contributed by atoms with van der Waals surface area (Å²) < 4.78 is 6.01. The Bertz CT molecular complexity index is 824. The van der Waals surface area contributed by atoms with E-state index in [1.165, 1.54) is 6.20 Å². The van der Waals surface area contributed by atoms with Gasteiger partial charge in [0.2, 0.25) is 5.88 Å². The Hall–Kier alpha value is -3.15. The second-order valence-corrected chi connectivity index (χ2v) is 5.44. The highest BCUT2D eigenvalue weighted by atomic mass is 16.5. The van der Waals surface area contributed by atoms with Gasteiger partial charge in [0.15, 0.2) is 0 Å². The number of nitrogens with one attached hydrogen (secondary N) is 2. The summed E-state index contributed by atoms with van der Waals surface area (Å²) in [4.78, 5) is 16.3. The summed E-state index contributed by atoms with van der Waals surface area (Å²) in [5, 5.41) is 9.23. The van der Waals surface area contributed by atoms with Gasteiger partial charge in [0, 0.05) is 24.5 Å². The van der Waals surface area contributed by atoms with Crippen LogP contribution in [0.1, 0.15) is 27.2 Å². The van der Waals surface area contributed by atoms with E-state index in [0.29, 0.717) is 18.1 Å². The van der Waals surface area contributed by atoms with Crippen LogP contribution in [0.4, 0.5) is 0 Å². The van der Waals surface area contributed by atoms with Gasteiger partial charge in [-0.2, -0.15) is 5.10 Å². The number of benzene rings is 1. The molecule has 0 aliphatic heterocycles. The van der Waals surface area contributed by atoms with E-state index in [0.717, 1.165) is 22.4 Å². The number of carbonyl (C=O) groups excluding carboxylic acids is 1. The molecule has 0 saturated carbocycles. The molecule has 2 N–H and O–H groups in total. The smallest absolute Gasteiger partial charge is 0.269 e. The standard InChI is InChI=1S/C18H18N4O2/c1-12-5-3-6-13(2)16(12)24-18-14(7-4-9-19-18)11-20-17(23)15-8-10-21-22-15/h3-10H,11H2,1-2H3,(H,20,23)(H,21,22).